The van der Waals surface area contributed by atoms with Crippen LogP contribution < -0.4 is 0 Å². The summed E-state index contributed by atoms with van der Waals surface area (Å²) in [5, 5.41) is 0. The first-order chi connectivity index (χ1) is 15.0. The number of likely N-dealkylation sites (tertiary alicyclic amines) is 2. The van der Waals surface area contributed by atoms with Crippen LogP contribution in [0.4, 0.5) is 0 Å². The van der Waals surface area contributed by atoms with Crippen LogP contribution in [0.5, 0.6) is 0 Å². The van der Waals surface area contributed by atoms with Gasteiger partial charge in [0.1, 0.15) is 0 Å². The lowest BCUT2D eigenvalue weighted by Crippen LogP contribution is -2.59. The lowest BCUT2D eigenvalue weighted by Gasteiger charge is -2.51. The third-order valence-electron chi connectivity index (χ3n) is 9.58. The van der Waals surface area contributed by atoms with Gasteiger partial charge in [-0.1, -0.05) is 26.7 Å². The lowest BCUT2D eigenvalue weighted by atomic mass is 9.76. The molecule has 6 nitrogen and oxygen atoms in total. The van der Waals surface area contributed by atoms with Crippen LogP contribution in [-0.4, -0.2) is 95.9 Å². The summed E-state index contributed by atoms with van der Waals surface area (Å²) in [5.74, 6) is 0.904. The van der Waals surface area contributed by atoms with E-state index in [2.05, 4.69) is 75.2 Å². The van der Waals surface area contributed by atoms with Gasteiger partial charge in [0.05, 0.1) is 0 Å². The second kappa shape index (κ2) is 11.3. The van der Waals surface area contributed by atoms with Gasteiger partial charge in [-0.3, -0.25) is 9.59 Å². The molecule has 2 rings (SSSR count). The summed E-state index contributed by atoms with van der Waals surface area (Å²) in [6.07, 6.45) is 8.54. The SMILES string of the molecule is CC1C(N(C=O)CCCCCCN(C=O)C2CCN(C)C(C)(C)C2C)CCN(C)C1(C)C. The van der Waals surface area contributed by atoms with Crippen molar-refractivity contribution in [2.24, 2.45) is 11.8 Å². The van der Waals surface area contributed by atoms with Crippen LogP contribution in [0, 0.1) is 11.8 Å². The maximum absolute atomic E-state index is 11.8. The number of carbonyl (C=O) groups is 2. The van der Waals surface area contributed by atoms with Crippen molar-refractivity contribution in [2.75, 3.05) is 40.3 Å². The van der Waals surface area contributed by atoms with Gasteiger partial charge in [0.15, 0.2) is 0 Å². The van der Waals surface area contributed by atoms with Crippen LogP contribution >= 0.6 is 0 Å². The number of amides is 2. The minimum absolute atomic E-state index is 0.113. The van der Waals surface area contributed by atoms with E-state index in [0.717, 1.165) is 77.5 Å². The predicted molar refractivity (Wildman–Crippen MR) is 133 cm³/mol. The first-order valence-electron chi connectivity index (χ1n) is 12.8. The third kappa shape index (κ3) is 5.85. The van der Waals surface area contributed by atoms with Crippen molar-refractivity contribution in [2.45, 2.75) is 103 Å². The molecule has 4 unspecified atom stereocenters. The van der Waals surface area contributed by atoms with Crippen molar-refractivity contribution in [3.05, 3.63) is 0 Å². The maximum Gasteiger partial charge on any atom is 0.209 e. The second-order valence-corrected chi connectivity index (χ2v) is 11.5. The van der Waals surface area contributed by atoms with E-state index in [1.807, 2.05) is 0 Å². The van der Waals surface area contributed by atoms with E-state index in [-0.39, 0.29) is 11.1 Å². The normalized spacial score (nSPS) is 30.6. The Morgan fingerprint density at radius 1 is 0.719 bits per heavy atom. The Bertz CT molecular complexity index is 557. The highest BCUT2D eigenvalue weighted by molar-refractivity contribution is 5.48. The Morgan fingerprint density at radius 2 is 1.06 bits per heavy atom. The summed E-state index contributed by atoms with van der Waals surface area (Å²) >= 11 is 0. The molecule has 4 atom stereocenters. The number of carbonyl (C=O) groups excluding carboxylic acids is 2. The van der Waals surface area contributed by atoms with E-state index < -0.39 is 0 Å². The van der Waals surface area contributed by atoms with Crippen LogP contribution in [0.25, 0.3) is 0 Å². The zero-order valence-corrected chi connectivity index (χ0v) is 22.1. The van der Waals surface area contributed by atoms with E-state index in [0.29, 0.717) is 23.9 Å². The van der Waals surface area contributed by atoms with Crippen molar-refractivity contribution in [3.63, 3.8) is 0 Å². The standard InChI is InChI=1S/C26H50N4O2/c1-21-23(13-17-27(7)25(21,3)4)29(19-31)15-11-9-10-12-16-30(20-32)24-14-18-28(8)26(5,6)22(24)2/h19-24H,9-18H2,1-8H3. The molecule has 2 amide bonds. The Hall–Kier alpha value is -1.14. The van der Waals surface area contributed by atoms with Crippen molar-refractivity contribution < 1.29 is 9.59 Å². The Kier molecular flexibility index (Phi) is 9.59. The fourth-order valence-corrected chi connectivity index (χ4v) is 5.81. The van der Waals surface area contributed by atoms with E-state index >= 15 is 0 Å². The number of hydrogen-bond acceptors (Lipinski definition) is 4. The highest BCUT2D eigenvalue weighted by Gasteiger charge is 2.42. The third-order valence-corrected chi connectivity index (χ3v) is 9.58. The van der Waals surface area contributed by atoms with Gasteiger partial charge in [-0.05, 0) is 79.3 Å². The van der Waals surface area contributed by atoms with Crippen molar-refractivity contribution in [1.29, 1.82) is 0 Å². The molecular formula is C26H50N4O2. The molecule has 2 saturated heterocycles. The van der Waals surface area contributed by atoms with Gasteiger partial charge in [0, 0.05) is 49.3 Å². The molecule has 6 heteroatoms. The number of unbranched alkanes of at least 4 members (excludes halogenated alkanes) is 3. The highest BCUT2D eigenvalue weighted by atomic mass is 16.1. The molecular weight excluding hydrogens is 400 g/mol. The number of rotatable bonds is 11. The van der Waals surface area contributed by atoms with Crippen LogP contribution in [0.3, 0.4) is 0 Å². The van der Waals surface area contributed by atoms with Crippen LogP contribution in [0.2, 0.25) is 0 Å². The van der Waals surface area contributed by atoms with Gasteiger partial charge in [-0.25, -0.2) is 0 Å². The predicted octanol–water partition coefficient (Wildman–Crippen LogP) is 3.70. The van der Waals surface area contributed by atoms with Crippen molar-refractivity contribution in [3.8, 4) is 0 Å². The summed E-state index contributed by atoms with van der Waals surface area (Å²) in [4.78, 5) is 32.6. The molecule has 0 bridgehead atoms. The van der Waals surface area contributed by atoms with E-state index in [1.54, 1.807) is 0 Å². The first-order valence-corrected chi connectivity index (χ1v) is 12.8. The maximum atomic E-state index is 11.8. The topological polar surface area (TPSA) is 47.1 Å². The molecule has 0 N–H and O–H groups in total. The van der Waals surface area contributed by atoms with E-state index in [1.165, 1.54) is 0 Å². The molecule has 2 heterocycles. The molecule has 0 radical (unpaired) electrons. The quantitative estimate of drug-likeness (QED) is 0.356. The van der Waals surface area contributed by atoms with E-state index in [9.17, 15) is 9.59 Å². The molecule has 0 spiro atoms. The lowest BCUT2D eigenvalue weighted by molar-refractivity contribution is -0.125. The molecule has 0 aromatic rings. The Labute approximate surface area is 197 Å². The van der Waals surface area contributed by atoms with Crippen molar-refractivity contribution in [1.82, 2.24) is 19.6 Å². The summed E-state index contributed by atoms with van der Waals surface area (Å²) in [6.45, 7) is 17.5. The summed E-state index contributed by atoms with van der Waals surface area (Å²) in [7, 11) is 4.38. The van der Waals surface area contributed by atoms with Crippen LogP contribution in [-0.2, 0) is 9.59 Å². The zero-order chi connectivity index (χ0) is 24.1. The van der Waals surface area contributed by atoms with Crippen LogP contribution in [0.15, 0.2) is 0 Å². The van der Waals surface area contributed by atoms with Gasteiger partial charge < -0.3 is 19.6 Å². The van der Waals surface area contributed by atoms with Crippen LogP contribution in [0.1, 0.15) is 80.1 Å². The van der Waals surface area contributed by atoms with Crippen molar-refractivity contribution >= 4 is 12.8 Å². The molecule has 0 saturated carbocycles. The zero-order valence-electron chi connectivity index (χ0n) is 22.1. The molecule has 0 aromatic carbocycles. The van der Waals surface area contributed by atoms with Gasteiger partial charge in [-0.15, -0.1) is 0 Å². The average Bonchev–Trinajstić information content (AvgIpc) is 2.75. The summed E-state index contributed by atoms with van der Waals surface area (Å²) in [5.41, 5.74) is 0.226. The molecule has 186 valence electrons. The van der Waals surface area contributed by atoms with Gasteiger partial charge in [-0.2, -0.15) is 0 Å². The molecule has 0 aliphatic carbocycles. The average molecular weight is 451 g/mol. The van der Waals surface area contributed by atoms with Gasteiger partial charge in [0.2, 0.25) is 12.8 Å². The minimum atomic E-state index is 0.113. The fraction of sp³-hybridized carbons (Fsp3) is 0.923. The molecule has 2 aliphatic heterocycles. The smallest absolute Gasteiger partial charge is 0.209 e. The molecule has 0 aromatic heterocycles. The number of hydrogen-bond donors (Lipinski definition) is 0. The molecule has 2 aliphatic rings. The monoisotopic (exact) mass is 450 g/mol. The largest absolute Gasteiger partial charge is 0.342 e. The second-order valence-electron chi connectivity index (χ2n) is 11.5. The number of piperidine rings is 2. The van der Waals surface area contributed by atoms with E-state index in [4.69, 9.17) is 0 Å². The number of nitrogens with zero attached hydrogens (tertiary/aromatic N) is 4. The highest BCUT2D eigenvalue weighted by Crippen LogP contribution is 2.35. The first kappa shape index (κ1) is 27.1. The van der Waals surface area contributed by atoms with Gasteiger partial charge >= 0.3 is 0 Å². The Morgan fingerprint density at radius 3 is 1.38 bits per heavy atom. The molecule has 2 fully saturated rings. The molecule has 32 heavy (non-hydrogen) atoms. The Balaban J connectivity index is 1.75. The minimum Gasteiger partial charge on any atom is -0.342 e. The fourth-order valence-electron chi connectivity index (χ4n) is 5.81. The summed E-state index contributed by atoms with van der Waals surface area (Å²) < 4.78 is 0. The summed E-state index contributed by atoms with van der Waals surface area (Å²) in [6, 6.07) is 0.664. The van der Waals surface area contributed by atoms with Gasteiger partial charge in [0.25, 0.3) is 0 Å².